The van der Waals surface area contributed by atoms with Gasteiger partial charge in [-0.05, 0) is 32.9 Å². The maximum atomic E-state index is 13.9. The van der Waals surface area contributed by atoms with Gasteiger partial charge in [0.15, 0.2) is 11.6 Å². The summed E-state index contributed by atoms with van der Waals surface area (Å²) >= 11 is 0. The van der Waals surface area contributed by atoms with Crippen LogP contribution in [-0.4, -0.2) is 65.9 Å². The molecular formula is C22H27F2N5O2. The molecule has 0 aliphatic carbocycles. The lowest BCUT2D eigenvalue weighted by Crippen LogP contribution is -2.53. The van der Waals surface area contributed by atoms with E-state index in [1.54, 1.807) is 11.1 Å². The Morgan fingerprint density at radius 1 is 0.968 bits per heavy atom. The third-order valence-electron chi connectivity index (χ3n) is 5.98. The van der Waals surface area contributed by atoms with Crippen LogP contribution in [0, 0.1) is 11.6 Å². The minimum atomic E-state index is -1.20. The van der Waals surface area contributed by atoms with Crippen molar-refractivity contribution in [2.24, 2.45) is 0 Å². The monoisotopic (exact) mass is 431 g/mol. The van der Waals surface area contributed by atoms with Gasteiger partial charge in [0, 0.05) is 56.9 Å². The van der Waals surface area contributed by atoms with E-state index in [1.807, 2.05) is 12.1 Å². The van der Waals surface area contributed by atoms with Crippen LogP contribution < -0.4 is 14.7 Å². The number of hydrogen-bond donors (Lipinski definition) is 1. The van der Waals surface area contributed by atoms with Gasteiger partial charge >= 0.3 is 6.09 Å². The number of piperazine rings is 1. The zero-order chi connectivity index (χ0) is 22.3. The molecule has 0 atom stereocenters. The van der Waals surface area contributed by atoms with Gasteiger partial charge in [-0.15, -0.1) is 0 Å². The highest BCUT2D eigenvalue weighted by molar-refractivity contribution is 5.94. The van der Waals surface area contributed by atoms with Crippen LogP contribution in [-0.2, 0) is 0 Å². The van der Waals surface area contributed by atoms with Crippen molar-refractivity contribution < 1.29 is 18.7 Å². The molecule has 1 saturated heterocycles. The van der Waals surface area contributed by atoms with Gasteiger partial charge in [-0.1, -0.05) is 0 Å². The van der Waals surface area contributed by atoms with Crippen LogP contribution >= 0.6 is 0 Å². The van der Waals surface area contributed by atoms with E-state index in [1.165, 1.54) is 0 Å². The van der Waals surface area contributed by atoms with E-state index in [2.05, 4.69) is 35.6 Å². The second kappa shape index (κ2) is 7.96. The Labute approximate surface area is 180 Å². The lowest BCUT2D eigenvalue weighted by Gasteiger charge is -2.43. The van der Waals surface area contributed by atoms with Gasteiger partial charge < -0.3 is 14.9 Å². The Balaban J connectivity index is 1.55. The zero-order valence-electron chi connectivity index (χ0n) is 18.0. The quantitative estimate of drug-likeness (QED) is 0.778. The van der Waals surface area contributed by atoms with Crippen LogP contribution in [0.15, 0.2) is 30.5 Å². The summed E-state index contributed by atoms with van der Waals surface area (Å²) in [7, 11) is 0. The van der Waals surface area contributed by atoms with Crippen molar-refractivity contribution in [2.45, 2.75) is 26.3 Å². The van der Waals surface area contributed by atoms with E-state index in [0.29, 0.717) is 12.4 Å². The Kier molecular flexibility index (Phi) is 5.47. The number of pyridine rings is 1. The summed E-state index contributed by atoms with van der Waals surface area (Å²) in [6.07, 6.45) is 0.579. The minimum Gasteiger partial charge on any atom is -0.465 e. The molecule has 0 bridgehead atoms. The molecule has 2 aliphatic heterocycles. The second-order valence-corrected chi connectivity index (χ2v) is 8.86. The number of benzene rings is 1. The average Bonchev–Trinajstić information content (AvgIpc) is 2.73. The average molecular weight is 431 g/mol. The van der Waals surface area contributed by atoms with Gasteiger partial charge in [0.1, 0.15) is 5.82 Å². The van der Waals surface area contributed by atoms with Gasteiger partial charge in [-0.3, -0.25) is 9.80 Å². The molecule has 4 rings (SSSR count). The maximum Gasteiger partial charge on any atom is 0.411 e. The number of carbonyl (C=O) groups is 1. The van der Waals surface area contributed by atoms with Crippen molar-refractivity contribution in [3.05, 3.63) is 42.1 Å². The molecule has 1 aromatic heterocycles. The SMILES string of the molecule is CC(C)(C)N1CCN(c2ccc(N3CCN(C(=O)O)c4cc(F)c(F)cc43)nc2)CC1. The van der Waals surface area contributed by atoms with Crippen molar-refractivity contribution in [2.75, 3.05) is 54.0 Å². The first kappa shape index (κ1) is 21.3. The fraction of sp³-hybridized carbons (Fsp3) is 0.455. The Bertz CT molecular complexity index is 969. The third-order valence-corrected chi connectivity index (χ3v) is 5.98. The lowest BCUT2D eigenvalue weighted by molar-refractivity contribution is 0.128. The molecule has 0 radical (unpaired) electrons. The van der Waals surface area contributed by atoms with Gasteiger partial charge in [-0.25, -0.2) is 18.6 Å². The molecule has 9 heteroatoms. The second-order valence-electron chi connectivity index (χ2n) is 8.86. The number of nitrogens with zero attached hydrogens (tertiary/aromatic N) is 5. The molecule has 166 valence electrons. The number of rotatable bonds is 2. The molecule has 1 aromatic carbocycles. The topological polar surface area (TPSA) is 63.2 Å². The van der Waals surface area contributed by atoms with Gasteiger partial charge in [0.25, 0.3) is 0 Å². The molecule has 7 nitrogen and oxygen atoms in total. The molecule has 0 unspecified atom stereocenters. The smallest absolute Gasteiger partial charge is 0.411 e. The normalized spacial score (nSPS) is 17.6. The fourth-order valence-corrected chi connectivity index (χ4v) is 4.20. The first-order chi connectivity index (χ1) is 14.6. The molecule has 1 N–H and O–H groups in total. The largest absolute Gasteiger partial charge is 0.465 e. The summed E-state index contributed by atoms with van der Waals surface area (Å²) in [6.45, 7) is 10.8. The Morgan fingerprint density at radius 3 is 2.16 bits per heavy atom. The zero-order valence-corrected chi connectivity index (χ0v) is 18.0. The highest BCUT2D eigenvalue weighted by Gasteiger charge is 2.30. The van der Waals surface area contributed by atoms with Crippen LogP contribution in [0.1, 0.15) is 20.8 Å². The number of halogens is 2. The van der Waals surface area contributed by atoms with Crippen LogP contribution in [0.4, 0.5) is 36.5 Å². The summed E-state index contributed by atoms with van der Waals surface area (Å²) in [4.78, 5) is 23.6. The number of amides is 1. The minimum absolute atomic E-state index is 0.113. The van der Waals surface area contributed by atoms with E-state index < -0.39 is 17.7 Å². The summed E-state index contributed by atoms with van der Waals surface area (Å²) in [5.41, 5.74) is 1.55. The number of carboxylic acid groups (broad SMARTS) is 1. The fourth-order valence-electron chi connectivity index (χ4n) is 4.20. The number of anilines is 4. The molecular weight excluding hydrogens is 404 g/mol. The maximum absolute atomic E-state index is 13.9. The summed E-state index contributed by atoms with van der Waals surface area (Å²) in [5.74, 6) is -1.54. The molecule has 1 amide bonds. The lowest BCUT2D eigenvalue weighted by atomic mass is 10.0. The van der Waals surface area contributed by atoms with Crippen LogP contribution in [0.5, 0.6) is 0 Å². The van der Waals surface area contributed by atoms with E-state index in [-0.39, 0.29) is 23.5 Å². The summed E-state index contributed by atoms with van der Waals surface area (Å²) in [6, 6.07) is 5.76. The molecule has 0 spiro atoms. The Hall–Kier alpha value is -2.94. The first-order valence-electron chi connectivity index (χ1n) is 10.4. The van der Waals surface area contributed by atoms with Gasteiger partial charge in [-0.2, -0.15) is 0 Å². The summed E-state index contributed by atoms with van der Waals surface area (Å²) in [5, 5.41) is 9.42. The number of fused-ring (bicyclic) bond motifs is 1. The van der Waals surface area contributed by atoms with E-state index in [0.717, 1.165) is 48.9 Å². The molecule has 3 heterocycles. The molecule has 31 heavy (non-hydrogen) atoms. The predicted octanol–water partition coefficient (Wildman–Crippen LogP) is 3.92. The first-order valence-corrected chi connectivity index (χ1v) is 10.4. The van der Waals surface area contributed by atoms with Crippen molar-refractivity contribution >= 4 is 29.0 Å². The van der Waals surface area contributed by atoms with E-state index >= 15 is 0 Å². The molecule has 1 fully saturated rings. The third kappa shape index (κ3) is 4.14. The number of aromatic nitrogens is 1. The van der Waals surface area contributed by atoms with Crippen LogP contribution in [0.25, 0.3) is 0 Å². The molecule has 2 aliphatic rings. The summed E-state index contributed by atoms with van der Waals surface area (Å²) < 4.78 is 27.7. The predicted molar refractivity (Wildman–Crippen MR) is 117 cm³/mol. The van der Waals surface area contributed by atoms with Gasteiger partial charge in [0.2, 0.25) is 0 Å². The van der Waals surface area contributed by atoms with E-state index in [9.17, 15) is 18.7 Å². The number of hydrogen-bond acceptors (Lipinski definition) is 5. The molecule has 2 aromatic rings. The Morgan fingerprint density at radius 2 is 1.61 bits per heavy atom. The van der Waals surface area contributed by atoms with Crippen LogP contribution in [0.2, 0.25) is 0 Å². The van der Waals surface area contributed by atoms with Crippen LogP contribution in [0.3, 0.4) is 0 Å². The van der Waals surface area contributed by atoms with Crippen molar-refractivity contribution in [1.82, 2.24) is 9.88 Å². The van der Waals surface area contributed by atoms with Crippen molar-refractivity contribution in [3.8, 4) is 0 Å². The van der Waals surface area contributed by atoms with Gasteiger partial charge in [0.05, 0.1) is 23.3 Å². The molecule has 0 saturated carbocycles. The standard InChI is InChI=1S/C22H27F2N5O2/c1-22(2,3)27-8-6-26(7-9-27)15-4-5-20(25-14-15)28-10-11-29(21(30)31)19-13-17(24)16(23)12-18(19)28/h4-5,12-14H,6-11H2,1-3H3,(H,30,31). The highest BCUT2D eigenvalue weighted by atomic mass is 19.2. The van der Waals surface area contributed by atoms with Crippen molar-refractivity contribution in [1.29, 1.82) is 0 Å². The highest BCUT2D eigenvalue weighted by Crippen LogP contribution is 2.38. The van der Waals surface area contributed by atoms with E-state index in [4.69, 9.17) is 0 Å². The van der Waals surface area contributed by atoms with Crippen molar-refractivity contribution in [3.63, 3.8) is 0 Å².